The zero-order chi connectivity index (χ0) is 17.4. The number of methoxy groups -OCH3 is 1. The van der Waals surface area contributed by atoms with Gasteiger partial charge in [-0.05, 0) is 37.0 Å². The minimum atomic E-state index is -1.02. The molecule has 0 aliphatic rings. The van der Waals surface area contributed by atoms with Gasteiger partial charge in [-0.3, -0.25) is 4.79 Å². The van der Waals surface area contributed by atoms with Crippen LogP contribution in [0.25, 0.3) is 0 Å². The average molecular weight is 323 g/mol. The fourth-order valence-electron chi connectivity index (χ4n) is 2.16. The second-order valence-corrected chi connectivity index (χ2v) is 5.55. The normalized spacial score (nSPS) is 11.9. The van der Waals surface area contributed by atoms with Crippen LogP contribution < -0.4 is 14.8 Å². The number of aryl methyl sites for hydroxylation is 1. The van der Waals surface area contributed by atoms with Gasteiger partial charge in [-0.1, -0.05) is 19.9 Å². The van der Waals surface area contributed by atoms with Crippen molar-refractivity contribution in [2.75, 3.05) is 13.7 Å². The van der Waals surface area contributed by atoms with Gasteiger partial charge in [-0.15, -0.1) is 0 Å². The molecule has 0 aliphatic carbocycles. The number of ether oxygens (including phenoxy) is 2. The summed E-state index contributed by atoms with van der Waals surface area (Å²) in [6.45, 7) is 5.96. The molecule has 0 heterocycles. The molecular formula is C17H25NO5. The number of benzene rings is 1. The van der Waals surface area contributed by atoms with Crippen LogP contribution in [0.4, 0.5) is 0 Å². The number of hydrogen-bond donors (Lipinski definition) is 2. The predicted octanol–water partition coefficient (Wildman–Crippen LogP) is 2.25. The molecule has 6 heteroatoms. The van der Waals surface area contributed by atoms with E-state index in [2.05, 4.69) is 5.32 Å². The molecule has 1 aromatic carbocycles. The molecule has 1 amide bonds. The van der Waals surface area contributed by atoms with Crippen molar-refractivity contribution in [1.29, 1.82) is 0 Å². The zero-order valence-electron chi connectivity index (χ0n) is 14.1. The first-order chi connectivity index (χ1) is 10.9. The molecule has 1 unspecified atom stereocenters. The third-order valence-corrected chi connectivity index (χ3v) is 3.42. The van der Waals surface area contributed by atoms with Crippen LogP contribution in [0.5, 0.6) is 11.5 Å². The van der Waals surface area contributed by atoms with Gasteiger partial charge in [0.15, 0.2) is 11.5 Å². The molecule has 1 rings (SSSR count). The summed E-state index contributed by atoms with van der Waals surface area (Å²) < 4.78 is 10.7. The van der Waals surface area contributed by atoms with Crippen molar-refractivity contribution in [2.24, 2.45) is 5.92 Å². The molecule has 0 fully saturated rings. The summed E-state index contributed by atoms with van der Waals surface area (Å²) in [6, 6.07) is 4.65. The van der Waals surface area contributed by atoms with E-state index in [1.807, 2.05) is 25.1 Å². The molecule has 0 aliphatic heterocycles. The van der Waals surface area contributed by atoms with Crippen LogP contribution in [0, 0.1) is 5.92 Å². The standard InChI is InChI=1S/C17H25NO5/c1-5-23-13-8-6-12(10-14(13)22-4)7-9-15(19)18-16(11(2)3)17(20)21/h6,8,10-11,16H,5,7,9H2,1-4H3,(H,18,19)(H,20,21). The minimum Gasteiger partial charge on any atom is -0.493 e. The maximum atomic E-state index is 11.9. The Hall–Kier alpha value is -2.24. The van der Waals surface area contributed by atoms with E-state index in [9.17, 15) is 9.59 Å². The van der Waals surface area contributed by atoms with Crippen molar-refractivity contribution in [3.05, 3.63) is 23.8 Å². The Morgan fingerprint density at radius 1 is 1.26 bits per heavy atom. The Morgan fingerprint density at radius 2 is 1.96 bits per heavy atom. The largest absolute Gasteiger partial charge is 0.493 e. The fraction of sp³-hybridized carbons (Fsp3) is 0.529. The molecule has 1 aromatic rings. The lowest BCUT2D eigenvalue weighted by atomic mass is 10.0. The summed E-state index contributed by atoms with van der Waals surface area (Å²) in [6.07, 6.45) is 0.715. The SMILES string of the molecule is CCOc1ccc(CCC(=O)NC(C(=O)O)C(C)C)cc1OC. The molecule has 0 bridgehead atoms. The molecule has 0 radical (unpaired) electrons. The van der Waals surface area contributed by atoms with Gasteiger partial charge in [0.2, 0.25) is 5.91 Å². The van der Waals surface area contributed by atoms with Gasteiger partial charge in [-0.2, -0.15) is 0 Å². The smallest absolute Gasteiger partial charge is 0.326 e. The van der Waals surface area contributed by atoms with Crippen LogP contribution in [-0.2, 0) is 16.0 Å². The van der Waals surface area contributed by atoms with Crippen molar-refractivity contribution >= 4 is 11.9 Å². The molecular weight excluding hydrogens is 298 g/mol. The summed E-state index contributed by atoms with van der Waals surface area (Å²) in [4.78, 5) is 23.0. The summed E-state index contributed by atoms with van der Waals surface area (Å²) >= 11 is 0. The number of carbonyl (C=O) groups excluding carboxylic acids is 1. The topological polar surface area (TPSA) is 84.9 Å². The predicted molar refractivity (Wildman–Crippen MR) is 86.9 cm³/mol. The molecule has 128 valence electrons. The van der Waals surface area contributed by atoms with Gasteiger partial charge in [0.1, 0.15) is 6.04 Å². The van der Waals surface area contributed by atoms with Gasteiger partial charge in [0, 0.05) is 6.42 Å². The van der Waals surface area contributed by atoms with E-state index in [1.165, 1.54) is 0 Å². The van der Waals surface area contributed by atoms with E-state index in [-0.39, 0.29) is 18.2 Å². The number of aliphatic carboxylic acids is 1. The van der Waals surface area contributed by atoms with E-state index < -0.39 is 12.0 Å². The van der Waals surface area contributed by atoms with Crippen LogP contribution in [0.15, 0.2) is 18.2 Å². The van der Waals surface area contributed by atoms with Gasteiger partial charge in [0.05, 0.1) is 13.7 Å². The van der Waals surface area contributed by atoms with Crippen molar-refractivity contribution in [2.45, 2.75) is 39.7 Å². The van der Waals surface area contributed by atoms with Crippen LogP contribution >= 0.6 is 0 Å². The molecule has 23 heavy (non-hydrogen) atoms. The van der Waals surface area contributed by atoms with Gasteiger partial charge >= 0.3 is 5.97 Å². The first-order valence-corrected chi connectivity index (χ1v) is 7.70. The van der Waals surface area contributed by atoms with E-state index in [0.29, 0.717) is 24.5 Å². The number of carboxylic acid groups (broad SMARTS) is 1. The molecule has 1 atom stereocenters. The highest BCUT2D eigenvalue weighted by molar-refractivity contribution is 5.83. The van der Waals surface area contributed by atoms with Gasteiger partial charge in [-0.25, -0.2) is 4.79 Å². The number of hydrogen-bond acceptors (Lipinski definition) is 4. The van der Waals surface area contributed by atoms with E-state index in [4.69, 9.17) is 14.6 Å². The van der Waals surface area contributed by atoms with Crippen LogP contribution in [0.2, 0.25) is 0 Å². The minimum absolute atomic E-state index is 0.165. The first kappa shape index (κ1) is 18.8. The van der Waals surface area contributed by atoms with E-state index >= 15 is 0 Å². The monoisotopic (exact) mass is 323 g/mol. The number of rotatable bonds is 9. The van der Waals surface area contributed by atoms with Crippen molar-refractivity contribution in [1.82, 2.24) is 5.32 Å². The Morgan fingerprint density at radius 3 is 2.48 bits per heavy atom. The van der Waals surface area contributed by atoms with Crippen molar-refractivity contribution < 1.29 is 24.2 Å². The third-order valence-electron chi connectivity index (χ3n) is 3.42. The molecule has 0 saturated carbocycles. The Kier molecular flexibility index (Phi) is 7.38. The van der Waals surface area contributed by atoms with Gasteiger partial charge in [0.25, 0.3) is 0 Å². The van der Waals surface area contributed by atoms with Crippen LogP contribution in [-0.4, -0.2) is 36.7 Å². The summed E-state index contributed by atoms with van der Waals surface area (Å²) in [5.74, 6) is -0.179. The number of carbonyl (C=O) groups is 2. The average Bonchev–Trinajstić information content (AvgIpc) is 2.51. The van der Waals surface area contributed by atoms with Crippen molar-refractivity contribution in [3.63, 3.8) is 0 Å². The highest BCUT2D eigenvalue weighted by atomic mass is 16.5. The lowest BCUT2D eigenvalue weighted by Gasteiger charge is -2.18. The molecule has 0 saturated heterocycles. The Balaban J connectivity index is 2.63. The number of carboxylic acids is 1. The molecule has 2 N–H and O–H groups in total. The lowest BCUT2D eigenvalue weighted by molar-refractivity contribution is -0.143. The van der Waals surface area contributed by atoms with Crippen LogP contribution in [0.3, 0.4) is 0 Å². The lowest BCUT2D eigenvalue weighted by Crippen LogP contribution is -2.44. The summed E-state index contributed by atoms with van der Waals surface area (Å²) in [7, 11) is 1.56. The molecule has 6 nitrogen and oxygen atoms in total. The Bertz CT molecular complexity index is 542. The highest BCUT2D eigenvalue weighted by Gasteiger charge is 2.23. The maximum Gasteiger partial charge on any atom is 0.326 e. The number of amides is 1. The molecule has 0 aromatic heterocycles. The maximum absolute atomic E-state index is 11.9. The summed E-state index contributed by atoms with van der Waals surface area (Å²) in [5.41, 5.74) is 0.928. The van der Waals surface area contributed by atoms with Crippen molar-refractivity contribution in [3.8, 4) is 11.5 Å². The summed E-state index contributed by atoms with van der Waals surface area (Å²) in [5, 5.41) is 11.6. The highest BCUT2D eigenvalue weighted by Crippen LogP contribution is 2.28. The second-order valence-electron chi connectivity index (χ2n) is 5.55. The van der Waals surface area contributed by atoms with Crippen LogP contribution in [0.1, 0.15) is 32.8 Å². The first-order valence-electron chi connectivity index (χ1n) is 7.70. The van der Waals surface area contributed by atoms with E-state index in [0.717, 1.165) is 5.56 Å². The van der Waals surface area contributed by atoms with Gasteiger partial charge < -0.3 is 19.9 Å². The molecule has 0 spiro atoms. The Labute approximate surface area is 136 Å². The number of nitrogens with one attached hydrogen (secondary N) is 1. The zero-order valence-corrected chi connectivity index (χ0v) is 14.1. The van der Waals surface area contributed by atoms with E-state index in [1.54, 1.807) is 21.0 Å². The third kappa shape index (κ3) is 5.81. The second kappa shape index (κ2) is 9.02. The quantitative estimate of drug-likeness (QED) is 0.728. The fourth-order valence-corrected chi connectivity index (χ4v) is 2.16.